The number of fused-ring (bicyclic) bond motifs is 3. The third-order valence-electron chi connectivity index (χ3n) is 5.74. The van der Waals surface area contributed by atoms with Crippen LogP contribution in [-0.4, -0.2) is 18.6 Å². The maximum atomic E-state index is 5.42. The molecule has 0 spiro atoms. The van der Waals surface area contributed by atoms with Gasteiger partial charge in [-0.2, -0.15) is 0 Å². The SMILES string of the molecule is COc1ccc2[nH]c3c(c2c1)CCNC3C1CC=C(C)CC1C.Cl. The second-order valence-electron chi connectivity index (χ2n) is 7.24. The van der Waals surface area contributed by atoms with Crippen LogP contribution in [0.15, 0.2) is 29.8 Å². The Morgan fingerprint density at radius 1 is 1.25 bits per heavy atom. The largest absolute Gasteiger partial charge is 0.497 e. The minimum Gasteiger partial charge on any atom is -0.497 e. The van der Waals surface area contributed by atoms with Gasteiger partial charge >= 0.3 is 0 Å². The fraction of sp³-hybridized carbons (Fsp3) is 0.500. The normalized spacial score (nSPS) is 26.5. The number of hydrogen-bond donors (Lipinski definition) is 2. The summed E-state index contributed by atoms with van der Waals surface area (Å²) in [4.78, 5) is 3.71. The lowest BCUT2D eigenvalue weighted by molar-refractivity contribution is 0.243. The van der Waals surface area contributed by atoms with Gasteiger partial charge < -0.3 is 15.0 Å². The van der Waals surface area contributed by atoms with E-state index in [2.05, 4.69) is 42.4 Å². The lowest BCUT2D eigenvalue weighted by Gasteiger charge is -2.37. The Labute approximate surface area is 150 Å². The van der Waals surface area contributed by atoms with E-state index in [-0.39, 0.29) is 12.4 Å². The summed E-state index contributed by atoms with van der Waals surface area (Å²) in [5, 5.41) is 5.12. The number of H-pyrrole nitrogens is 1. The second kappa shape index (κ2) is 6.81. The van der Waals surface area contributed by atoms with Crippen molar-refractivity contribution in [3.63, 3.8) is 0 Å². The van der Waals surface area contributed by atoms with Crippen molar-refractivity contribution in [3.8, 4) is 5.75 Å². The number of benzene rings is 1. The highest BCUT2D eigenvalue weighted by Crippen LogP contribution is 2.42. The lowest BCUT2D eigenvalue weighted by Crippen LogP contribution is -2.38. The van der Waals surface area contributed by atoms with Gasteiger partial charge in [0.05, 0.1) is 13.2 Å². The number of allylic oxidation sites excluding steroid dienone is 2. The number of nitrogens with one attached hydrogen (secondary N) is 2. The Bertz CT molecular complexity index is 764. The molecule has 3 unspecified atom stereocenters. The van der Waals surface area contributed by atoms with E-state index in [1.54, 1.807) is 12.7 Å². The third kappa shape index (κ3) is 2.84. The second-order valence-corrected chi connectivity index (χ2v) is 7.24. The Balaban J connectivity index is 0.00000169. The molecule has 0 saturated carbocycles. The maximum absolute atomic E-state index is 5.42. The molecule has 2 heterocycles. The molecule has 1 aromatic heterocycles. The predicted octanol–water partition coefficient (Wildman–Crippen LogP) is 4.78. The lowest BCUT2D eigenvalue weighted by atomic mass is 9.74. The van der Waals surface area contributed by atoms with Crippen LogP contribution < -0.4 is 10.1 Å². The van der Waals surface area contributed by atoms with E-state index in [1.165, 1.54) is 35.0 Å². The van der Waals surface area contributed by atoms with Gasteiger partial charge in [0.15, 0.2) is 0 Å². The van der Waals surface area contributed by atoms with Gasteiger partial charge in [0.2, 0.25) is 0 Å². The molecule has 0 fully saturated rings. The van der Waals surface area contributed by atoms with Gasteiger partial charge in [0.1, 0.15) is 5.75 Å². The number of halogens is 1. The highest BCUT2D eigenvalue weighted by molar-refractivity contribution is 5.86. The van der Waals surface area contributed by atoms with Gasteiger partial charge in [-0.15, -0.1) is 12.4 Å². The van der Waals surface area contributed by atoms with Crippen LogP contribution in [-0.2, 0) is 6.42 Å². The van der Waals surface area contributed by atoms with Gasteiger partial charge in [0, 0.05) is 16.6 Å². The molecule has 1 aromatic carbocycles. The molecule has 0 bridgehead atoms. The zero-order valence-corrected chi connectivity index (χ0v) is 15.5. The number of aromatic nitrogens is 1. The van der Waals surface area contributed by atoms with Crippen molar-refractivity contribution in [2.75, 3.05) is 13.7 Å². The van der Waals surface area contributed by atoms with Crippen LogP contribution in [0.25, 0.3) is 10.9 Å². The van der Waals surface area contributed by atoms with Gasteiger partial charge in [0.25, 0.3) is 0 Å². The Morgan fingerprint density at radius 2 is 2.08 bits per heavy atom. The molecule has 2 aliphatic rings. The minimum atomic E-state index is 0. The van der Waals surface area contributed by atoms with E-state index in [0.29, 0.717) is 12.0 Å². The molecule has 2 N–H and O–H groups in total. The first-order valence-electron chi connectivity index (χ1n) is 8.75. The maximum Gasteiger partial charge on any atom is 0.119 e. The topological polar surface area (TPSA) is 37.0 Å². The summed E-state index contributed by atoms with van der Waals surface area (Å²) in [6.07, 6.45) is 5.94. The summed E-state index contributed by atoms with van der Waals surface area (Å²) >= 11 is 0. The van der Waals surface area contributed by atoms with Crippen LogP contribution >= 0.6 is 12.4 Å². The molecule has 0 saturated heterocycles. The van der Waals surface area contributed by atoms with E-state index in [1.807, 2.05) is 6.07 Å². The van der Waals surface area contributed by atoms with E-state index >= 15 is 0 Å². The van der Waals surface area contributed by atoms with E-state index in [4.69, 9.17) is 4.74 Å². The molecule has 24 heavy (non-hydrogen) atoms. The average molecular weight is 347 g/mol. The molecule has 4 rings (SSSR count). The fourth-order valence-electron chi connectivity index (χ4n) is 4.51. The molecule has 0 radical (unpaired) electrons. The summed E-state index contributed by atoms with van der Waals surface area (Å²) in [6, 6.07) is 6.82. The molecule has 2 aromatic rings. The van der Waals surface area contributed by atoms with Crippen molar-refractivity contribution in [1.29, 1.82) is 0 Å². The van der Waals surface area contributed by atoms with E-state index < -0.39 is 0 Å². The predicted molar refractivity (Wildman–Crippen MR) is 102 cm³/mol. The van der Waals surface area contributed by atoms with E-state index in [9.17, 15) is 0 Å². The summed E-state index contributed by atoms with van der Waals surface area (Å²) < 4.78 is 5.42. The molecule has 1 aliphatic carbocycles. The smallest absolute Gasteiger partial charge is 0.119 e. The number of aromatic amines is 1. The molecule has 130 valence electrons. The number of methoxy groups -OCH3 is 1. The molecule has 1 aliphatic heterocycles. The first kappa shape index (κ1) is 17.4. The summed E-state index contributed by atoms with van der Waals surface area (Å²) in [5.41, 5.74) is 5.68. The summed E-state index contributed by atoms with van der Waals surface area (Å²) in [6.45, 7) is 5.73. The zero-order chi connectivity index (χ0) is 16.0. The Kier molecular flexibility index (Phi) is 4.93. The molecule has 3 atom stereocenters. The standard InChI is InChI=1S/C20H26N2O.ClH/c1-12-4-6-15(13(2)10-12)19-20-16(8-9-21-19)17-11-14(23-3)5-7-18(17)22-20;/h4-5,7,11,13,15,19,21-22H,6,8-10H2,1-3H3;1H. The Hall–Kier alpha value is -1.45. The van der Waals surface area contributed by atoms with Crippen molar-refractivity contribution in [3.05, 3.63) is 41.1 Å². The number of rotatable bonds is 2. The van der Waals surface area contributed by atoms with Crippen molar-refractivity contribution in [2.45, 2.75) is 39.2 Å². The molecule has 3 nitrogen and oxygen atoms in total. The molecular formula is C20H27ClN2O. The third-order valence-corrected chi connectivity index (χ3v) is 5.74. The van der Waals surface area contributed by atoms with Crippen molar-refractivity contribution < 1.29 is 4.74 Å². The molecular weight excluding hydrogens is 320 g/mol. The Morgan fingerprint density at radius 3 is 2.83 bits per heavy atom. The molecule has 4 heteroatoms. The van der Waals surface area contributed by atoms with Crippen LogP contribution in [0.1, 0.15) is 44.0 Å². The summed E-state index contributed by atoms with van der Waals surface area (Å²) in [5.74, 6) is 2.34. The van der Waals surface area contributed by atoms with Crippen LogP contribution in [0.3, 0.4) is 0 Å². The van der Waals surface area contributed by atoms with Crippen LogP contribution in [0, 0.1) is 11.8 Å². The van der Waals surface area contributed by atoms with Crippen molar-refractivity contribution >= 4 is 23.3 Å². The fourth-order valence-corrected chi connectivity index (χ4v) is 4.51. The average Bonchev–Trinajstić information content (AvgIpc) is 2.93. The van der Waals surface area contributed by atoms with Crippen LogP contribution in [0.5, 0.6) is 5.75 Å². The zero-order valence-electron chi connectivity index (χ0n) is 14.7. The molecule has 0 amide bonds. The van der Waals surface area contributed by atoms with Gasteiger partial charge in [-0.05, 0) is 68.3 Å². The van der Waals surface area contributed by atoms with Crippen molar-refractivity contribution in [1.82, 2.24) is 10.3 Å². The first-order chi connectivity index (χ1) is 11.2. The highest BCUT2D eigenvalue weighted by Gasteiger charge is 2.34. The van der Waals surface area contributed by atoms with Crippen LogP contribution in [0.2, 0.25) is 0 Å². The number of hydrogen-bond acceptors (Lipinski definition) is 2. The quantitative estimate of drug-likeness (QED) is 0.768. The van der Waals surface area contributed by atoms with Crippen LogP contribution in [0.4, 0.5) is 0 Å². The van der Waals surface area contributed by atoms with Crippen molar-refractivity contribution in [2.24, 2.45) is 11.8 Å². The number of ether oxygens (including phenoxy) is 1. The van der Waals surface area contributed by atoms with Gasteiger partial charge in [-0.1, -0.05) is 18.6 Å². The van der Waals surface area contributed by atoms with Gasteiger partial charge in [-0.25, -0.2) is 0 Å². The van der Waals surface area contributed by atoms with E-state index in [0.717, 1.165) is 24.6 Å². The monoisotopic (exact) mass is 346 g/mol. The highest BCUT2D eigenvalue weighted by atomic mass is 35.5. The minimum absolute atomic E-state index is 0. The first-order valence-corrected chi connectivity index (χ1v) is 8.75. The summed E-state index contributed by atoms with van der Waals surface area (Å²) in [7, 11) is 1.74. The van der Waals surface area contributed by atoms with Gasteiger partial charge in [-0.3, -0.25) is 0 Å².